The smallest absolute Gasteiger partial charge is 0.252 e. The van der Waals surface area contributed by atoms with Gasteiger partial charge in [0.25, 0.3) is 5.91 Å². The zero-order valence-corrected chi connectivity index (χ0v) is 14.1. The molecular weight excluding hydrogens is 340 g/mol. The van der Waals surface area contributed by atoms with Crippen LogP contribution in [0.2, 0.25) is 5.02 Å². The SMILES string of the molecule is CS(=O)(=O)Nc1ccc(C(=O)NCCCc2ccco2)c(Cl)c1. The Labute approximate surface area is 139 Å². The van der Waals surface area contributed by atoms with Gasteiger partial charge in [0.1, 0.15) is 5.76 Å². The number of hydrogen-bond acceptors (Lipinski definition) is 4. The first kappa shape index (κ1) is 17.4. The number of benzene rings is 1. The van der Waals surface area contributed by atoms with E-state index in [1.165, 1.54) is 18.2 Å². The number of carbonyl (C=O) groups excluding carboxylic acids is 1. The summed E-state index contributed by atoms with van der Waals surface area (Å²) in [7, 11) is -3.38. The molecule has 0 aliphatic rings. The molecule has 0 bridgehead atoms. The predicted molar refractivity (Wildman–Crippen MR) is 89.3 cm³/mol. The molecule has 0 radical (unpaired) electrons. The second kappa shape index (κ2) is 7.52. The van der Waals surface area contributed by atoms with Crippen LogP contribution < -0.4 is 10.0 Å². The summed E-state index contributed by atoms with van der Waals surface area (Å²) >= 11 is 6.04. The molecule has 0 unspecified atom stereocenters. The number of furan rings is 1. The lowest BCUT2D eigenvalue weighted by atomic mass is 10.2. The van der Waals surface area contributed by atoms with Gasteiger partial charge in [0.15, 0.2) is 0 Å². The number of halogens is 1. The Balaban J connectivity index is 1.89. The first-order valence-corrected chi connectivity index (χ1v) is 9.20. The number of sulfonamides is 1. The van der Waals surface area contributed by atoms with Gasteiger partial charge in [-0.1, -0.05) is 11.6 Å². The molecule has 1 amide bonds. The van der Waals surface area contributed by atoms with Gasteiger partial charge in [0.05, 0.1) is 23.1 Å². The normalized spacial score (nSPS) is 11.2. The van der Waals surface area contributed by atoms with Crippen LogP contribution in [-0.4, -0.2) is 27.1 Å². The Morgan fingerprint density at radius 2 is 2.09 bits per heavy atom. The molecule has 0 saturated heterocycles. The van der Waals surface area contributed by atoms with Crippen LogP contribution >= 0.6 is 11.6 Å². The monoisotopic (exact) mass is 356 g/mol. The lowest BCUT2D eigenvalue weighted by molar-refractivity contribution is 0.0953. The molecule has 0 spiro atoms. The topological polar surface area (TPSA) is 88.4 Å². The number of anilines is 1. The highest BCUT2D eigenvalue weighted by molar-refractivity contribution is 7.92. The van der Waals surface area contributed by atoms with Crippen molar-refractivity contribution in [3.8, 4) is 0 Å². The van der Waals surface area contributed by atoms with Gasteiger partial charge in [-0.15, -0.1) is 0 Å². The lowest BCUT2D eigenvalue weighted by Gasteiger charge is -2.09. The number of nitrogens with one attached hydrogen (secondary N) is 2. The van der Waals surface area contributed by atoms with Crippen molar-refractivity contribution < 1.29 is 17.6 Å². The van der Waals surface area contributed by atoms with E-state index in [1.807, 2.05) is 12.1 Å². The third kappa shape index (κ3) is 5.61. The summed E-state index contributed by atoms with van der Waals surface area (Å²) in [4.78, 5) is 12.1. The molecule has 0 atom stereocenters. The van der Waals surface area contributed by atoms with E-state index in [4.69, 9.17) is 16.0 Å². The van der Waals surface area contributed by atoms with Gasteiger partial charge in [-0.05, 0) is 36.8 Å². The fourth-order valence-electron chi connectivity index (χ4n) is 1.99. The highest BCUT2D eigenvalue weighted by Crippen LogP contribution is 2.21. The number of amides is 1. The van der Waals surface area contributed by atoms with Crippen LogP contribution in [-0.2, 0) is 16.4 Å². The van der Waals surface area contributed by atoms with Crippen molar-refractivity contribution in [2.75, 3.05) is 17.5 Å². The standard InChI is InChI=1S/C15H17ClN2O4S/c1-23(20,21)18-11-6-7-13(14(16)10-11)15(19)17-8-2-4-12-5-3-9-22-12/h3,5-7,9-10,18H,2,4,8H2,1H3,(H,17,19). The van der Waals surface area contributed by atoms with Crippen molar-refractivity contribution in [1.29, 1.82) is 0 Å². The first-order chi connectivity index (χ1) is 10.8. The van der Waals surface area contributed by atoms with Crippen LogP contribution in [0.4, 0.5) is 5.69 Å². The highest BCUT2D eigenvalue weighted by Gasteiger charge is 2.12. The van der Waals surface area contributed by atoms with E-state index >= 15 is 0 Å². The third-order valence-corrected chi connectivity index (χ3v) is 3.90. The van der Waals surface area contributed by atoms with Crippen LogP contribution in [0.15, 0.2) is 41.0 Å². The molecular formula is C15H17ClN2O4S. The van der Waals surface area contributed by atoms with E-state index in [0.29, 0.717) is 17.8 Å². The van der Waals surface area contributed by atoms with Crippen molar-refractivity contribution in [3.63, 3.8) is 0 Å². The molecule has 124 valence electrons. The molecule has 0 saturated carbocycles. The number of rotatable bonds is 7. The van der Waals surface area contributed by atoms with Crippen molar-refractivity contribution in [3.05, 3.63) is 52.9 Å². The Kier molecular flexibility index (Phi) is 5.68. The van der Waals surface area contributed by atoms with Gasteiger partial charge in [-0.2, -0.15) is 0 Å². The molecule has 2 aromatic rings. The minimum atomic E-state index is -3.38. The molecule has 23 heavy (non-hydrogen) atoms. The average molecular weight is 357 g/mol. The molecule has 2 rings (SSSR count). The first-order valence-electron chi connectivity index (χ1n) is 6.93. The summed E-state index contributed by atoms with van der Waals surface area (Å²) in [5.74, 6) is 0.564. The Hall–Kier alpha value is -1.99. The summed E-state index contributed by atoms with van der Waals surface area (Å²) in [6.07, 6.45) is 4.13. The maximum atomic E-state index is 12.1. The van der Waals surface area contributed by atoms with E-state index in [0.717, 1.165) is 24.9 Å². The van der Waals surface area contributed by atoms with Crippen LogP contribution in [0.3, 0.4) is 0 Å². The second-order valence-electron chi connectivity index (χ2n) is 5.01. The van der Waals surface area contributed by atoms with Crippen molar-refractivity contribution in [2.24, 2.45) is 0 Å². The van der Waals surface area contributed by atoms with Gasteiger partial charge in [0, 0.05) is 18.7 Å². The Morgan fingerprint density at radius 1 is 1.30 bits per heavy atom. The summed E-state index contributed by atoms with van der Waals surface area (Å²) < 4.78 is 29.8. The fraction of sp³-hybridized carbons (Fsp3) is 0.267. The zero-order chi connectivity index (χ0) is 16.9. The molecule has 6 nitrogen and oxygen atoms in total. The lowest BCUT2D eigenvalue weighted by Crippen LogP contribution is -2.25. The van der Waals surface area contributed by atoms with Crippen LogP contribution in [0.25, 0.3) is 0 Å². The Morgan fingerprint density at radius 3 is 2.70 bits per heavy atom. The molecule has 2 N–H and O–H groups in total. The van der Waals surface area contributed by atoms with Crippen LogP contribution in [0.1, 0.15) is 22.5 Å². The van der Waals surface area contributed by atoms with Crippen LogP contribution in [0.5, 0.6) is 0 Å². The number of hydrogen-bond donors (Lipinski definition) is 2. The maximum Gasteiger partial charge on any atom is 0.252 e. The fourth-order valence-corrected chi connectivity index (χ4v) is 2.81. The second-order valence-corrected chi connectivity index (χ2v) is 7.16. The largest absolute Gasteiger partial charge is 0.469 e. The van der Waals surface area contributed by atoms with E-state index in [9.17, 15) is 13.2 Å². The average Bonchev–Trinajstić information content (AvgIpc) is 2.95. The molecule has 1 heterocycles. The molecule has 8 heteroatoms. The summed E-state index contributed by atoms with van der Waals surface area (Å²) in [5.41, 5.74) is 0.607. The van der Waals surface area contributed by atoms with Crippen LogP contribution in [0, 0.1) is 0 Å². The van der Waals surface area contributed by atoms with E-state index in [-0.39, 0.29) is 10.9 Å². The molecule has 1 aromatic heterocycles. The van der Waals surface area contributed by atoms with Crippen molar-refractivity contribution >= 4 is 33.2 Å². The Bertz CT molecular complexity index is 773. The van der Waals surface area contributed by atoms with Crippen molar-refractivity contribution in [1.82, 2.24) is 5.32 Å². The van der Waals surface area contributed by atoms with Gasteiger partial charge < -0.3 is 9.73 Å². The minimum Gasteiger partial charge on any atom is -0.469 e. The number of aryl methyl sites for hydroxylation is 1. The molecule has 0 aliphatic carbocycles. The summed E-state index contributed by atoms with van der Waals surface area (Å²) in [6, 6.07) is 8.08. The zero-order valence-electron chi connectivity index (χ0n) is 12.5. The highest BCUT2D eigenvalue weighted by atomic mass is 35.5. The summed E-state index contributed by atoms with van der Waals surface area (Å²) in [5, 5.41) is 2.95. The van der Waals surface area contributed by atoms with Gasteiger partial charge in [0.2, 0.25) is 10.0 Å². The summed E-state index contributed by atoms with van der Waals surface area (Å²) in [6.45, 7) is 0.485. The van der Waals surface area contributed by atoms with Gasteiger partial charge >= 0.3 is 0 Å². The predicted octanol–water partition coefficient (Wildman–Crippen LogP) is 2.67. The molecule has 0 aliphatic heterocycles. The van der Waals surface area contributed by atoms with Gasteiger partial charge in [-0.3, -0.25) is 9.52 Å². The third-order valence-electron chi connectivity index (χ3n) is 2.98. The quantitative estimate of drug-likeness (QED) is 0.746. The number of carbonyl (C=O) groups is 1. The van der Waals surface area contributed by atoms with Gasteiger partial charge in [-0.25, -0.2) is 8.42 Å². The minimum absolute atomic E-state index is 0.183. The maximum absolute atomic E-state index is 12.1. The van der Waals surface area contributed by atoms with E-state index < -0.39 is 10.0 Å². The molecule has 0 fully saturated rings. The van der Waals surface area contributed by atoms with E-state index in [1.54, 1.807) is 6.26 Å². The van der Waals surface area contributed by atoms with Crippen molar-refractivity contribution in [2.45, 2.75) is 12.8 Å². The van der Waals surface area contributed by atoms with E-state index in [2.05, 4.69) is 10.0 Å². The molecule has 1 aromatic carbocycles.